The van der Waals surface area contributed by atoms with Gasteiger partial charge >= 0.3 is 0 Å². The van der Waals surface area contributed by atoms with Crippen LogP contribution in [-0.4, -0.2) is 47.6 Å². The average molecular weight is 270 g/mol. The Bertz CT molecular complexity index is 450. The highest BCUT2D eigenvalue weighted by atomic mass is 35.5. The molecule has 0 aliphatic carbocycles. The molecule has 1 atom stereocenters. The van der Waals surface area contributed by atoms with Gasteiger partial charge in [0.1, 0.15) is 5.75 Å². The van der Waals surface area contributed by atoms with Crippen LogP contribution in [0.5, 0.6) is 5.75 Å². The summed E-state index contributed by atoms with van der Waals surface area (Å²) in [7, 11) is 0. The van der Waals surface area contributed by atoms with Crippen LogP contribution < -0.4 is 0 Å². The van der Waals surface area contributed by atoms with E-state index in [2.05, 4.69) is 0 Å². The molecule has 1 aliphatic rings. The number of phenolic OH excluding ortho intramolecular Hbond substituents is 1. The summed E-state index contributed by atoms with van der Waals surface area (Å²) in [6.07, 6.45) is 0. The molecule has 1 N–H and O–H groups in total. The zero-order valence-corrected chi connectivity index (χ0v) is 11.0. The number of aromatic hydroxyl groups is 1. The van der Waals surface area contributed by atoms with Gasteiger partial charge in [-0.25, -0.2) is 0 Å². The molecule has 0 bridgehead atoms. The predicted octanol–water partition coefficient (Wildman–Crippen LogP) is 1.78. The number of hydrogen-bond donors (Lipinski definition) is 1. The molecule has 1 amide bonds. The molecular formula is C13H16ClNO3. The van der Waals surface area contributed by atoms with Gasteiger partial charge in [-0.1, -0.05) is 6.07 Å². The normalized spacial score (nSPS) is 19.9. The summed E-state index contributed by atoms with van der Waals surface area (Å²) in [5.41, 5.74) is 1.23. The van der Waals surface area contributed by atoms with Crippen molar-refractivity contribution < 1.29 is 14.6 Å². The molecule has 1 fully saturated rings. The van der Waals surface area contributed by atoms with Crippen LogP contribution in [-0.2, 0) is 4.74 Å². The third-order valence-corrected chi connectivity index (χ3v) is 3.41. The molecule has 1 unspecified atom stereocenters. The Morgan fingerprint density at radius 3 is 3.06 bits per heavy atom. The molecule has 1 saturated heterocycles. The average Bonchev–Trinajstić information content (AvgIpc) is 2.38. The van der Waals surface area contributed by atoms with Gasteiger partial charge in [-0.05, 0) is 24.6 Å². The van der Waals surface area contributed by atoms with E-state index < -0.39 is 0 Å². The van der Waals surface area contributed by atoms with Gasteiger partial charge in [-0.15, -0.1) is 11.6 Å². The first-order valence-corrected chi connectivity index (χ1v) is 6.41. The maximum atomic E-state index is 12.4. The molecule has 98 valence electrons. The summed E-state index contributed by atoms with van der Waals surface area (Å²) in [4.78, 5) is 14.0. The Labute approximate surface area is 111 Å². The topological polar surface area (TPSA) is 49.8 Å². The van der Waals surface area contributed by atoms with E-state index in [9.17, 15) is 9.90 Å². The number of carbonyl (C=O) groups excluding carboxylic acids is 1. The van der Waals surface area contributed by atoms with Crippen molar-refractivity contribution in [2.75, 3.05) is 25.6 Å². The van der Waals surface area contributed by atoms with Crippen molar-refractivity contribution >= 4 is 17.5 Å². The van der Waals surface area contributed by atoms with Crippen molar-refractivity contribution in [1.29, 1.82) is 0 Å². The Hall–Kier alpha value is -1.26. The first-order chi connectivity index (χ1) is 8.63. The van der Waals surface area contributed by atoms with Crippen molar-refractivity contribution in [3.63, 3.8) is 0 Å². The second-order valence-electron chi connectivity index (χ2n) is 4.40. The molecule has 4 nitrogen and oxygen atoms in total. The summed E-state index contributed by atoms with van der Waals surface area (Å²) < 4.78 is 5.30. The third-order valence-electron chi connectivity index (χ3n) is 3.05. The van der Waals surface area contributed by atoms with Crippen molar-refractivity contribution in [1.82, 2.24) is 4.90 Å². The Balaban J connectivity index is 2.24. The molecule has 2 rings (SSSR count). The second-order valence-corrected chi connectivity index (χ2v) is 4.71. The summed E-state index contributed by atoms with van der Waals surface area (Å²) in [5, 5.41) is 9.84. The monoisotopic (exact) mass is 269 g/mol. The van der Waals surface area contributed by atoms with E-state index in [1.165, 1.54) is 0 Å². The van der Waals surface area contributed by atoms with Crippen molar-refractivity contribution in [3.8, 4) is 5.75 Å². The highest BCUT2D eigenvalue weighted by Crippen LogP contribution is 2.22. The van der Waals surface area contributed by atoms with Crippen LogP contribution in [0.25, 0.3) is 0 Å². The number of morpholine rings is 1. The smallest absolute Gasteiger partial charge is 0.258 e. The number of rotatable bonds is 2. The van der Waals surface area contributed by atoms with Gasteiger partial charge in [0.2, 0.25) is 0 Å². The SMILES string of the molecule is Cc1ccc(C(=O)N2CCOCC2CCl)c(O)c1. The lowest BCUT2D eigenvalue weighted by Gasteiger charge is -2.34. The van der Waals surface area contributed by atoms with Gasteiger partial charge in [0.15, 0.2) is 0 Å². The first-order valence-electron chi connectivity index (χ1n) is 5.87. The van der Waals surface area contributed by atoms with Gasteiger partial charge in [0, 0.05) is 12.4 Å². The molecule has 18 heavy (non-hydrogen) atoms. The Kier molecular flexibility index (Phi) is 4.09. The molecule has 5 heteroatoms. The summed E-state index contributed by atoms with van der Waals surface area (Å²) in [6, 6.07) is 4.91. The fourth-order valence-corrected chi connectivity index (χ4v) is 2.28. The minimum absolute atomic E-state index is 0.0137. The van der Waals surface area contributed by atoms with Crippen LogP contribution in [0.2, 0.25) is 0 Å². The summed E-state index contributed by atoms with van der Waals surface area (Å²) >= 11 is 5.84. The van der Waals surface area contributed by atoms with E-state index in [4.69, 9.17) is 16.3 Å². The fraction of sp³-hybridized carbons (Fsp3) is 0.462. The van der Waals surface area contributed by atoms with Gasteiger partial charge < -0.3 is 14.7 Å². The molecule has 0 aromatic heterocycles. The van der Waals surface area contributed by atoms with Crippen LogP contribution >= 0.6 is 11.6 Å². The van der Waals surface area contributed by atoms with Crippen LogP contribution in [0.4, 0.5) is 0 Å². The highest BCUT2D eigenvalue weighted by molar-refractivity contribution is 6.18. The van der Waals surface area contributed by atoms with E-state index in [0.29, 0.717) is 31.2 Å². The maximum absolute atomic E-state index is 12.4. The largest absolute Gasteiger partial charge is 0.507 e. The van der Waals surface area contributed by atoms with Crippen molar-refractivity contribution in [2.45, 2.75) is 13.0 Å². The number of nitrogens with zero attached hydrogens (tertiary/aromatic N) is 1. The zero-order chi connectivity index (χ0) is 13.1. The number of halogens is 1. The predicted molar refractivity (Wildman–Crippen MR) is 69.2 cm³/mol. The lowest BCUT2D eigenvalue weighted by molar-refractivity contribution is 0.00441. The first kappa shape index (κ1) is 13.2. The maximum Gasteiger partial charge on any atom is 0.258 e. The number of carbonyl (C=O) groups is 1. The van der Waals surface area contributed by atoms with Crippen LogP contribution in [0.1, 0.15) is 15.9 Å². The standard InChI is InChI=1S/C13H16ClNO3/c1-9-2-3-11(12(16)6-9)13(17)15-4-5-18-8-10(15)7-14/h2-3,6,10,16H,4-5,7-8H2,1H3. The molecule has 0 radical (unpaired) electrons. The Morgan fingerprint density at radius 2 is 2.39 bits per heavy atom. The fourth-order valence-electron chi connectivity index (χ4n) is 2.03. The Morgan fingerprint density at radius 1 is 1.61 bits per heavy atom. The molecule has 1 aliphatic heterocycles. The van der Waals surface area contributed by atoms with E-state index in [0.717, 1.165) is 5.56 Å². The van der Waals surface area contributed by atoms with Crippen LogP contribution in [0.3, 0.4) is 0 Å². The molecule has 1 heterocycles. The van der Waals surface area contributed by atoms with E-state index in [1.54, 1.807) is 17.0 Å². The highest BCUT2D eigenvalue weighted by Gasteiger charge is 2.28. The minimum atomic E-state index is -0.193. The number of aryl methyl sites for hydroxylation is 1. The molecule has 0 spiro atoms. The zero-order valence-electron chi connectivity index (χ0n) is 10.2. The van der Waals surface area contributed by atoms with Crippen molar-refractivity contribution in [3.05, 3.63) is 29.3 Å². The van der Waals surface area contributed by atoms with Crippen molar-refractivity contribution in [2.24, 2.45) is 0 Å². The van der Waals surface area contributed by atoms with Crippen LogP contribution in [0.15, 0.2) is 18.2 Å². The molecule has 1 aromatic rings. The number of phenols is 1. The summed E-state index contributed by atoms with van der Waals surface area (Å²) in [6.45, 7) is 3.32. The molecule has 1 aromatic carbocycles. The minimum Gasteiger partial charge on any atom is -0.507 e. The van der Waals surface area contributed by atoms with Gasteiger partial charge in [0.25, 0.3) is 5.91 Å². The van der Waals surface area contributed by atoms with E-state index in [1.807, 2.05) is 13.0 Å². The summed E-state index contributed by atoms with van der Waals surface area (Å²) in [5.74, 6) is 0.152. The van der Waals surface area contributed by atoms with E-state index in [-0.39, 0.29) is 17.7 Å². The number of benzene rings is 1. The lowest BCUT2D eigenvalue weighted by Crippen LogP contribution is -2.49. The number of alkyl halides is 1. The number of amides is 1. The van der Waals surface area contributed by atoms with Gasteiger partial charge in [0.05, 0.1) is 24.8 Å². The third kappa shape index (κ3) is 2.60. The van der Waals surface area contributed by atoms with Gasteiger partial charge in [-0.3, -0.25) is 4.79 Å². The second kappa shape index (κ2) is 5.59. The lowest BCUT2D eigenvalue weighted by atomic mass is 10.1. The number of ether oxygens (including phenoxy) is 1. The van der Waals surface area contributed by atoms with E-state index >= 15 is 0 Å². The quantitative estimate of drug-likeness (QED) is 0.833. The van der Waals surface area contributed by atoms with Crippen LogP contribution in [0, 0.1) is 6.92 Å². The van der Waals surface area contributed by atoms with Gasteiger partial charge in [-0.2, -0.15) is 0 Å². The molecular weight excluding hydrogens is 254 g/mol. The molecule has 0 saturated carbocycles. The number of hydrogen-bond acceptors (Lipinski definition) is 3.